The summed E-state index contributed by atoms with van der Waals surface area (Å²) in [6, 6.07) is 7.69. The van der Waals surface area contributed by atoms with Crippen molar-refractivity contribution < 1.29 is 18.7 Å². The van der Waals surface area contributed by atoms with E-state index in [0.717, 1.165) is 28.8 Å². The van der Waals surface area contributed by atoms with Gasteiger partial charge in [0.15, 0.2) is 6.10 Å². The van der Waals surface area contributed by atoms with Gasteiger partial charge in [0, 0.05) is 11.4 Å². The summed E-state index contributed by atoms with van der Waals surface area (Å²) in [7, 11) is 0. The number of ether oxygens (including phenoxy) is 1. The van der Waals surface area contributed by atoms with Crippen LogP contribution in [0.4, 0.5) is 4.39 Å². The Morgan fingerprint density at radius 3 is 2.60 bits per heavy atom. The van der Waals surface area contributed by atoms with Crippen molar-refractivity contribution in [2.45, 2.75) is 46.3 Å². The molecule has 0 bridgehead atoms. The molecule has 4 nitrogen and oxygen atoms in total. The summed E-state index contributed by atoms with van der Waals surface area (Å²) in [5.74, 6) is -1.20. The third-order valence-corrected chi connectivity index (χ3v) is 4.85. The van der Waals surface area contributed by atoms with Gasteiger partial charge in [0.05, 0.1) is 0 Å². The van der Waals surface area contributed by atoms with E-state index in [9.17, 15) is 14.0 Å². The first-order valence-corrected chi connectivity index (χ1v) is 9.04. The van der Waals surface area contributed by atoms with Crippen LogP contribution in [-0.4, -0.2) is 18.0 Å². The van der Waals surface area contributed by atoms with Gasteiger partial charge in [-0.1, -0.05) is 25.5 Å². The molecule has 0 spiro atoms. The molecule has 0 unspecified atom stereocenters. The van der Waals surface area contributed by atoms with E-state index in [-0.39, 0.29) is 18.3 Å². The van der Waals surface area contributed by atoms with E-state index in [0.29, 0.717) is 4.88 Å². The smallest absolute Gasteiger partial charge is 0.349 e. The van der Waals surface area contributed by atoms with Crippen LogP contribution in [0.15, 0.2) is 30.3 Å². The minimum absolute atomic E-state index is 0.250. The van der Waals surface area contributed by atoms with Crippen molar-refractivity contribution in [1.29, 1.82) is 0 Å². The third kappa shape index (κ3) is 5.39. The standard InChI is InChI=1S/C19H22FNO3S/c1-4-5-15-10-17(25-13(15)3)19(23)24-12(2)18(22)21-11-14-6-8-16(20)9-7-14/h6-10,12H,4-5,11H2,1-3H3,(H,21,22)/t12-/m0/s1. The zero-order chi connectivity index (χ0) is 18.4. The maximum atomic E-state index is 12.9. The summed E-state index contributed by atoms with van der Waals surface area (Å²) in [6.07, 6.45) is 1.03. The van der Waals surface area contributed by atoms with Gasteiger partial charge in [-0.25, -0.2) is 9.18 Å². The van der Waals surface area contributed by atoms with Crippen LogP contribution < -0.4 is 5.32 Å². The van der Waals surface area contributed by atoms with Gasteiger partial charge in [0.1, 0.15) is 10.7 Å². The zero-order valence-electron chi connectivity index (χ0n) is 14.6. The highest BCUT2D eigenvalue weighted by Gasteiger charge is 2.20. The normalized spacial score (nSPS) is 11.8. The molecule has 0 fully saturated rings. The van der Waals surface area contributed by atoms with Gasteiger partial charge in [-0.2, -0.15) is 0 Å². The summed E-state index contributed by atoms with van der Waals surface area (Å²) in [6.45, 7) is 5.85. The number of benzene rings is 1. The Kier molecular flexibility index (Phi) is 6.70. The Bertz CT molecular complexity index is 740. The molecule has 1 aromatic carbocycles. The van der Waals surface area contributed by atoms with Gasteiger partial charge in [0.2, 0.25) is 0 Å². The van der Waals surface area contributed by atoms with Crippen LogP contribution in [0.3, 0.4) is 0 Å². The van der Waals surface area contributed by atoms with Crippen LogP contribution in [0.2, 0.25) is 0 Å². The molecule has 0 aliphatic carbocycles. The number of rotatable bonds is 7. The fourth-order valence-corrected chi connectivity index (χ4v) is 3.30. The summed E-state index contributed by atoms with van der Waals surface area (Å²) in [5, 5.41) is 2.68. The monoisotopic (exact) mass is 363 g/mol. The Hall–Kier alpha value is -2.21. The molecule has 2 rings (SSSR count). The van der Waals surface area contributed by atoms with Gasteiger partial charge < -0.3 is 10.1 Å². The van der Waals surface area contributed by atoms with Crippen LogP contribution in [-0.2, 0) is 22.5 Å². The molecule has 0 saturated carbocycles. The maximum absolute atomic E-state index is 12.9. The van der Waals surface area contributed by atoms with Crippen molar-refractivity contribution in [3.63, 3.8) is 0 Å². The molecule has 2 aromatic rings. The summed E-state index contributed by atoms with van der Waals surface area (Å²) < 4.78 is 18.1. The second-order valence-electron chi connectivity index (χ2n) is 5.83. The number of amides is 1. The van der Waals surface area contributed by atoms with Crippen molar-refractivity contribution in [3.8, 4) is 0 Å². The van der Waals surface area contributed by atoms with Crippen LogP contribution in [0.5, 0.6) is 0 Å². The Morgan fingerprint density at radius 1 is 1.28 bits per heavy atom. The number of hydrogen-bond acceptors (Lipinski definition) is 4. The van der Waals surface area contributed by atoms with E-state index in [2.05, 4.69) is 12.2 Å². The molecule has 1 heterocycles. The first kappa shape index (κ1) is 19.1. The molecule has 1 aromatic heterocycles. The van der Waals surface area contributed by atoms with E-state index < -0.39 is 12.1 Å². The van der Waals surface area contributed by atoms with Gasteiger partial charge in [-0.05, 0) is 49.6 Å². The first-order chi connectivity index (χ1) is 11.9. The van der Waals surface area contributed by atoms with Crippen LogP contribution in [0.25, 0.3) is 0 Å². The molecule has 6 heteroatoms. The average Bonchev–Trinajstić information content (AvgIpc) is 2.95. The molecule has 1 atom stereocenters. The number of thiophene rings is 1. The second-order valence-corrected chi connectivity index (χ2v) is 7.09. The third-order valence-electron chi connectivity index (χ3n) is 3.77. The van der Waals surface area contributed by atoms with Gasteiger partial charge >= 0.3 is 5.97 Å². The van der Waals surface area contributed by atoms with E-state index >= 15 is 0 Å². The van der Waals surface area contributed by atoms with Gasteiger partial charge in [0.25, 0.3) is 5.91 Å². The first-order valence-electron chi connectivity index (χ1n) is 8.23. The van der Waals surface area contributed by atoms with E-state index in [1.54, 1.807) is 12.1 Å². The number of carbonyl (C=O) groups is 2. The highest BCUT2D eigenvalue weighted by molar-refractivity contribution is 7.14. The quantitative estimate of drug-likeness (QED) is 0.756. The minimum atomic E-state index is -0.898. The molecule has 0 radical (unpaired) electrons. The fraction of sp³-hybridized carbons (Fsp3) is 0.368. The number of esters is 1. The molecule has 0 aliphatic heterocycles. The molecule has 0 saturated heterocycles. The molecule has 25 heavy (non-hydrogen) atoms. The largest absolute Gasteiger partial charge is 0.448 e. The average molecular weight is 363 g/mol. The second kappa shape index (κ2) is 8.76. The van der Waals surface area contributed by atoms with E-state index in [4.69, 9.17) is 4.74 Å². The van der Waals surface area contributed by atoms with Crippen LogP contribution in [0.1, 0.15) is 45.9 Å². The van der Waals surface area contributed by atoms with Crippen molar-refractivity contribution in [3.05, 3.63) is 57.0 Å². The van der Waals surface area contributed by atoms with E-state index in [1.807, 2.05) is 13.0 Å². The highest BCUT2D eigenvalue weighted by Crippen LogP contribution is 2.23. The lowest BCUT2D eigenvalue weighted by molar-refractivity contribution is -0.129. The highest BCUT2D eigenvalue weighted by atomic mass is 32.1. The number of carbonyl (C=O) groups excluding carboxylic acids is 2. The maximum Gasteiger partial charge on any atom is 0.349 e. The van der Waals surface area contributed by atoms with Crippen molar-refractivity contribution >= 4 is 23.2 Å². The molecule has 0 aliphatic rings. The number of halogens is 1. The topological polar surface area (TPSA) is 55.4 Å². The van der Waals surface area contributed by atoms with Gasteiger partial charge in [-0.3, -0.25) is 4.79 Å². The van der Waals surface area contributed by atoms with Crippen LogP contribution in [0, 0.1) is 12.7 Å². The molecule has 134 valence electrons. The predicted molar refractivity (Wildman–Crippen MR) is 96.2 cm³/mol. The molecule has 1 N–H and O–H groups in total. The number of nitrogens with one attached hydrogen (secondary N) is 1. The fourth-order valence-electron chi connectivity index (χ4n) is 2.35. The van der Waals surface area contributed by atoms with Crippen molar-refractivity contribution in [1.82, 2.24) is 5.32 Å². The van der Waals surface area contributed by atoms with Crippen molar-refractivity contribution in [2.75, 3.05) is 0 Å². The lowest BCUT2D eigenvalue weighted by Gasteiger charge is -2.13. The number of aryl methyl sites for hydroxylation is 2. The SMILES string of the molecule is CCCc1cc(C(=O)O[C@@H](C)C(=O)NCc2ccc(F)cc2)sc1C. The Morgan fingerprint density at radius 2 is 1.96 bits per heavy atom. The number of hydrogen-bond donors (Lipinski definition) is 1. The zero-order valence-corrected chi connectivity index (χ0v) is 15.4. The van der Waals surface area contributed by atoms with E-state index in [1.165, 1.54) is 30.4 Å². The minimum Gasteiger partial charge on any atom is -0.448 e. The van der Waals surface area contributed by atoms with Crippen LogP contribution >= 0.6 is 11.3 Å². The molecule has 1 amide bonds. The summed E-state index contributed by atoms with van der Waals surface area (Å²) in [4.78, 5) is 25.9. The van der Waals surface area contributed by atoms with Gasteiger partial charge in [-0.15, -0.1) is 11.3 Å². The van der Waals surface area contributed by atoms with Crippen molar-refractivity contribution in [2.24, 2.45) is 0 Å². The summed E-state index contributed by atoms with van der Waals surface area (Å²) >= 11 is 1.39. The summed E-state index contributed by atoms with van der Waals surface area (Å²) in [5.41, 5.74) is 1.92. The predicted octanol–water partition coefficient (Wildman–Crippen LogP) is 4.01. The molecular weight excluding hydrogens is 341 g/mol. The Labute approximate surface area is 151 Å². The lowest BCUT2D eigenvalue weighted by Crippen LogP contribution is -2.35. The molecular formula is C19H22FNO3S. The Balaban J connectivity index is 1.88. The lowest BCUT2D eigenvalue weighted by atomic mass is 10.1.